The number of primary amides is 1. The molecule has 2 aromatic carbocycles. The molecule has 0 fully saturated rings. The minimum atomic E-state index is -0.610. The number of nitrogens with two attached hydrogens (primary N) is 2. The zero-order chi connectivity index (χ0) is 11.5. The lowest BCUT2D eigenvalue weighted by molar-refractivity contribution is -0.119. The van der Waals surface area contributed by atoms with Crippen LogP contribution in [-0.4, -0.2) is 11.9 Å². The van der Waals surface area contributed by atoms with Crippen LogP contribution in [0.15, 0.2) is 42.5 Å². The molecule has 0 bridgehead atoms. The van der Waals surface area contributed by atoms with Crippen LogP contribution in [0.4, 0.5) is 0 Å². The quantitative estimate of drug-likeness (QED) is 0.869. The smallest absolute Gasteiger partial charge is 0.234 e. The maximum absolute atomic E-state index is 10.9. The highest BCUT2D eigenvalue weighted by Crippen LogP contribution is 2.16. The Morgan fingerprint density at radius 3 is 2.41 bits per heavy atom. The fraction of sp³-hybridized carbons (Fsp3) is 0.154. The maximum Gasteiger partial charge on any atom is 0.234 e. The number of amides is 1. The van der Waals surface area contributed by atoms with Gasteiger partial charge in [-0.15, -0.1) is 12.4 Å². The number of rotatable bonds is 3. The van der Waals surface area contributed by atoms with Crippen LogP contribution in [0.5, 0.6) is 0 Å². The van der Waals surface area contributed by atoms with Crippen LogP contribution in [-0.2, 0) is 11.2 Å². The summed E-state index contributed by atoms with van der Waals surface area (Å²) in [5, 5.41) is 2.33. The normalized spacial score (nSPS) is 11.8. The third-order valence-corrected chi connectivity index (χ3v) is 2.63. The van der Waals surface area contributed by atoms with Gasteiger partial charge in [0.15, 0.2) is 0 Å². The molecule has 1 amide bonds. The van der Waals surface area contributed by atoms with Crippen LogP contribution in [0.25, 0.3) is 10.8 Å². The van der Waals surface area contributed by atoms with E-state index in [1.165, 1.54) is 5.39 Å². The lowest BCUT2D eigenvalue weighted by Gasteiger charge is -2.08. The Kier molecular flexibility index (Phi) is 4.49. The monoisotopic (exact) mass is 250 g/mol. The average molecular weight is 251 g/mol. The van der Waals surface area contributed by atoms with E-state index < -0.39 is 11.9 Å². The summed E-state index contributed by atoms with van der Waals surface area (Å²) < 4.78 is 0. The van der Waals surface area contributed by atoms with E-state index in [0.29, 0.717) is 6.42 Å². The van der Waals surface area contributed by atoms with Gasteiger partial charge >= 0.3 is 0 Å². The van der Waals surface area contributed by atoms with Gasteiger partial charge in [0, 0.05) is 0 Å². The van der Waals surface area contributed by atoms with Gasteiger partial charge in [-0.05, 0) is 22.8 Å². The summed E-state index contributed by atoms with van der Waals surface area (Å²) in [6.07, 6.45) is 0.486. The molecule has 4 heteroatoms. The van der Waals surface area contributed by atoms with Crippen LogP contribution >= 0.6 is 12.4 Å². The van der Waals surface area contributed by atoms with E-state index in [9.17, 15) is 4.79 Å². The van der Waals surface area contributed by atoms with Crippen molar-refractivity contribution in [3.63, 3.8) is 0 Å². The molecule has 90 valence electrons. The molecule has 0 aliphatic carbocycles. The summed E-state index contributed by atoms with van der Waals surface area (Å²) in [5.41, 5.74) is 11.8. The summed E-state index contributed by atoms with van der Waals surface area (Å²) in [4.78, 5) is 10.9. The lowest BCUT2D eigenvalue weighted by Crippen LogP contribution is -2.38. The largest absolute Gasteiger partial charge is 0.368 e. The third-order valence-electron chi connectivity index (χ3n) is 2.63. The first-order chi connectivity index (χ1) is 7.66. The van der Waals surface area contributed by atoms with Gasteiger partial charge in [0.1, 0.15) is 0 Å². The molecule has 0 unspecified atom stereocenters. The number of halogens is 1. The molecule has 4 N–H and O–H groups in total. The van der Waals surface area contributed by atoms with Crippen molar-refractivity contribution in [1.82, 2.24) is 0 Å². The van der Waals surface area contributed by atoms with Gasteiger partial charge in [0.2, 0.25) is 5.91 Å². The molecular weight excluding hydrogens is 236 g/mol. The zero-order valence-electron chi connectivity index (χ0n) is 9.30. The molecule has 3 nitrogen and oxygen atoms in total. The standard InChI is InChI=1S/C13H14N2O.ClH/c14-12(13(15)16)8-9-5-6-10-3-1-2-4-11(10)7-9;/h1-7,12H,8,14H2,(H2,15,16);1H/t12-;/m1./s1. The van der Waals surface area contributed by atoms with E-state index >= 15 is 0 Å². The van der Waals surface area contributed by atoms with Gasteiger partial charge in [-0.2, -0.15) is 0 Å². The molecule has 0 aromatic heterocycles. The number of hydrogen-bond acceptors (Lipinski definition) is 2. The molecular formula is C13H15ClN2O. The zero-order valence-corrected chi connectivity index (χ0v) is 10.1. The van der Waals surface area contributed by atoms with E-state index in [2.05, 4.69) is 0 Å². The molecule has 17 heavy (non-hydrogen) atoms. The van der Waals surface area contributed by atoms with E-state index in [4.69, 9.17) is 11.5 Å². The highest BCUT2D eigenvalue weighted by molar-refractivity contribution is 5.85. The summed E-state index contributed by atoms with van der Waals surface area (Å²) in [5.74, 6) is -0.465. The highest BCUT2D eigenvalue weighted by Gasteiger charge is 2.09. The fourth-order valence-corrected chi connectivity index (χ4v) is 1.72. The van der Waals surface area contributed by atoms with E-state index in [1.807, 2.05) is 42.5 Å². The van der Waals surface area contributed by atoms with Gasteiger partial charge in [0.05, 0.1) is 6.04 Å². The Labute approximate surface area is 106 Å². The minimum Gasteiger partial charge on any atom is -0.368 e. The lowest BCUT2D eigenvalue weighted by atomic mass is 10.0. The molecule has 0 aliphatic heterocycles. The minimum absolute atomic E-state index is 0. The number of carbonyl (C=O) groups excluding carboxylic acids is 1. The van der Waals surface area contributed by atoms with Gasteiger partial charge in [-0.3, -0.25) is 4.79 Å². The van der Waals surface area contributed by atoms with Crippen LogP contribution in [0.3, 0.4) is 0 Å². The van der Waals surface area contributed by atoms with Crippen molar-refractivity contribution in [3.05, 3.63) is 48.0 Å². The molecule has 0 saturated carbocycles. The first kappa shape index (κ1) is 13.5. The summed E-state index contributed by atoms with van der Waals surface area (Å²) in [6.45, 7) is 0. The second kappa shape index (κ2) is 5.66. The fourth-order valence-electron chi connectivity index (χ4n) is 1.72. The average Bonchev–Trinajstić information content (AvgIpc) is 2.28. The van der Waals surface area contributed by atoms with Crippen LogP contribution < -0.4 is 11.5 Å². The summed E-state index contributed by atoms with van der Waals surface area (Å²) >= 11 is 0. The van der Waals surface area contributed by atoms with E-state index in [1.54, 1.807) is 0 Å². The predicted molar refractivity (Wildman–Crippen MR) is 72.1 cm³/mol. The Hall–Kier alpha value is -1.58. The first-order valence-corrected chi connectivity index (χ1v) is 5.19. The van der Waals surface area contributed by atoms with Crippen molar-refractivity contribution in [1.29, 1.82) is 0 Å². The number of benzene rings is 2. The van der Waals surface area contributed by atoms with Crippen LogP contribution in [0.1, 0.15) is 5.56 Å². The Balaban J connectivity index is 0.00000144. The predicted octanol–water partition coefficient (Wildman–Crippen LogP) is 1.62. The summed E-state index contributed by atoms with van der Waals surface area (Å²) in [7, 11) is 0. The Morgan fingerprint density at radius 1 is 1.12 bits per heavy atom. The Morgan fingerprint density at radius 2 is 1.76 bits per heavy atom. The molecule has 0 heterocycles. The van der Waals surface area contributed by atoms with Crippen LogP contribution in [0.2, 0.25) is 0 Å². The van der Waals surface area contributed by atoms with Crippen molar-refractivity contribution in [2.75, 3.05) is 0 Å². The third kappa shape index (κ3) is 3.19. The SMILES string of the molecule is Cl.NC(=O)[C@H](N)Cc1ccc2ccccc2c1. The number of fused-ring (bicyclic) bond motifs is 1. The van der Waals surface area contributed by atoms with Gasteiger partial charge < -0.3 is 11.5 Å². The van der Waals surface area contributed by atoms with Gasteiger partial charge in [-0.1, -0.05) is 42.5 Å². The van der Waals surface area contributed by atoms with Crippen molar-refractivity contribution >= 4 is 29.1 Å². The second-order valence-electron chi connectivity index (χ2n) is 3.89. The molecule has 1 atom stereocenters. The van der Waals surface area contributed by atoms with Crippen molar-refractivity contribution in [3.8, 4) is 0 Å². The maximum atomic E-state index is 10.9. The number of carbonyl (C=O) groups is 1. The topological polar surface area (TPSA) is 69.1 Å². The van der Waals surface area contributed by atoms with E-state index in [-0.39, 0.29) is 12.4 Å². The molecule has 0 radical (unpaired) electrons. The highest BCUT2D eigenvalue weighted by atomic mass is 35.5. The van der Waals surface area contributed by atoms with Crippen LogP contribution in [0, 0.1) is 0 Å². The first-order valence-electron chi connectivity index (χ1n) is 5.19. The molecule has 0 aliphatic rings. The van der Waals surface area contributed by atoms with Gasteiger partial charge in [0.25, 0.3) is 0 Å². The molecule has 0 saturated heterocycles. The van der Waals surface area contributed by atoms with Crippen molar-refractivity contribution < 1.29 is 4.79 Å². The Bertz CT molecular complexity index is 528. The second-order valence-corrected chi connectivity index (χ2v) is 3.89. The van der Waals surface area contributed by atoms with E-state index in [0.717, 1.165) is 10.9 Å². The molecule has 0 spiro atoms. The van der Waals surface area contributed by atoms with Gasteiger partial charge in [-0.25, -0.2) is 0 Å². The molecule has 2 aromatic rings. The van der Waals surface area contributed by atoms with Crippen molar-refractivity contribution in [2.45, 2.75) is 12.5 Å². The number of hydrogen-bond donors (Lipinski definition) is 2. The van der Waals surface area contributed by atoms with Crippen molar-refractivity contribution in [2.24, 2.45) is 11.5 Å². The summed E-state index contributed by atoms with van der Waals surface area (Å²) in [6, 6.07) is 13.5. The molecule has 2 rings (SSSR count).